The lowest BCUT2D eigenvalue weighted by Gasteiger charge is -2.26. The normalized spacial score (nSPS) is 13.9. The molecule has 1 atom stereocenters. The van der Waals surface area contributed by atoms with Gasteiger partial charge in [0.15, 0.2) is 23.9 Å². The molecule has 15 heteroatoms. The molecule has 0 bridgehead atoms. The van der Waals surface area contributed by atoms with Crippen molar-refractivity contribution in [2.24, 2.45) is 5.92 Å². The summed E-state index contributed by atoms with van der Waals surface area (Å²) in [7, 11) is 1.25. The number of pyridine rings is 1. The molecule has 1 aromatic heterocycles. The Bertz CT molecular complexity index is 1620. The number of nitrogens with one attached hydrogen (secondary N) is 1. The number of alkyl halides is 2. The first kappa shape index (κ1) is 35.5. The van der Waals surface area contributed by atoms with E-state index in [2.05, 4.69) is 9.72 Å². The fourth-order valence-corrected chi connectivity index (χ4v) is 6.02. The number of nitrogens with zero attached hydrogens (tertiary/aromatic N) is 2. The van der Waals surface area contributed by atoms with Crippen LogP contribution in [0.15, 0.2) is 48.8 Å². The predicted molar refractivity (Wildman–Crippen MR) is 170 cm³/mol. The molecule has 0 aliphatic heterocycles. The van der Waals surface area contributed by atoms with Gasteiger partial charge in [0.25, 0.3) is 0 Å². The minimum Gasteiger partial charge on any atom is -0.495 e. The molecular formula is C31H36Cl2F2N3O7S+. The number of aromatic amines is 1. The van der Waals surface area contributed by atoms with Crippen LogP contribution in [0.5, 0.6) is 17.2 Å². The minimum absolute atomic E-state index is 0.0104. The van der Waals surface area contributed by atoms with E-state index in [0.29, 0.717) is 30.2 Å². The molecule has 1 saturated carbocycles. The molecule has 0 unspecified atom stereocenters. The smallest absolute Gasteiger partial charge is 0.387 e. The highest BCUT2D eigenvalue weighted by Crippen LogP contribution is 2.38. The Labute approximate surface area is 277 Å². The van der Waals surface area contributed by atoms with Crippen molar-refractivity contribution in [2.45, 2.75) is 32.0 Å². The van der Waals surface area contributed by atoms with Crippen LogP contribution in [0.25, 0.3) is 0 Å². The van der Waals surface area contributed by atoms with E-state index < -0.39 is 28.7 Å². The molecule has 1 N–H and O–H groups in total. The van der Waals surface area contributed by atoms with E-state index in [0.717, 1.165) is 23.4 Å². The number of anilines is 1. The summed E-state index contributed by atoms with van der Waals surface area (Å²) in [5, 5.41) is 0.570. The molecule has 1 aliphatic rings. The van der Waals surface area contributed by atoms with E-state index in [1.54, 1.807) is 0 Å². The molecule has 1 heterocycles. The Morgan fingerprint density at radius 1 is 1.02 bits per heavy atom. The summed E-state index contributed by atoms with van der Waals surface area (Å²) in [6.07, 6.45) is 5.04. The highest BCUT2D eigenvalue weighted by atomic mass is 35.5. The van der Waals surface area contributed by atoms with Crippen LogP contribution >= 0.6 is 23.2 Å². The van der Waals surface area contributed by atoms with Crippen molar-refractivity contribution in [1.29, 1.82) is 0 Å². The van der Waals surface area contributed by atoms with Crippen molar-refractivity contribution in [2.75, 3.05) is 51.5 Å². The number of carbonyl (C=O) groups excluding carboxylic acids is 1. The Balaban J connectivity index is 1.73. The molecule has 4 rings (SSSR count). The third kappa shape index (κ3) is 9.57. The molecule has 1 fully saturated rings. The molecule has 1 aliphatic carbocycles. The first-order valence-corrected chi connectivity index (χ1v) is 16.9. The summed E-state index contributed by atoms with van der Waals surface area (Å²) < 4.78 is 75.1. The third-order valence-electron chi connectivity index (χ3n) is 7.20. The molecule has 0 spiro atoms. The van der Waals surface area contributed by atoms with E-state index in [4.69, 9.17) is 37.4 Å². The number of sulfonamides is 1. The van der Waals surface area contributed by atoms with Gasteiger partial charge in [0.05, 0.1) is 31.2 Å². The van der Waals surface area contributed by atoms with Crippen molar-refractivity contribution in [3.05, 3.63) is 75.5 Å². The fraction of sp³-hybridized carbons (Fsp3) is 0.419. The highest BCUT2D eigenvalue weighted by molar-refractivity contribution is 7.92. The number of hydrogen-bond acceptors (Lipinski definition) is 8. The SMILES string of the molecule is COc1ccc(C(=O)O[C@@H](Cc2c(Cl)c[nH+]cc2Cl)c2ccc(OC(F)F)c(OCC3CC3)c2)cc1N(CCN(C)C)S(C)(=O)=O. The number of ether oxygens (including phenoxy) is 4. The molecule has 46 heavy (non-hydrogen) atoms. The second-order valence-electron chi connectivity index (χ2n) is 11.1. The average Bonchev–Trinajstić information content (AvgIpc) is 3.81. The maximum atomic E-state index is 13.7. The Morgan fingerprint density at radius 3 is 2.28 bits per heavy atom. The van der Waals surface area contributed by atoms with Gasteiger partial charge < -0.3 is 23.8 Å². The van der Waals surface area contributed by atoms with Crippen LogP contribution in [-0.4, -0.2) is 73.1 Å². The maximum Gasteiger partial charge on any atom is 0.387 e. The number of esters is 1. The molecule has 2 aromatic carbocycles. The molecule has 0 radical (unpaired) electrons. The van der Waals surface area contributed by atoms with Crippen LogP contribution in [0.4, 0.5) is 14.5 Å². The summed E-state index contributed by atoms with van der Waals surface area (Å²) in [5.41, 5.74) is 1.07. The van der Waals surface area contributed by atoms with Gasteiger partial charge in [-0.1, -0.05) is 29.3 Å². The monoisotopic (exact) mass is 702 g/mol. The van der Waals surface area contributed by atoms with E-state index in [-0.39, 0.29) is 51.5 Å². The number of benzene rings is 2. The summed E-state index contributed by atoms with van der Waals surface area (Å²) in [5.74, 6) is -0.320. The van der Waals surface area contributed by atoms with Crippen LogP contribution in [0, 0.1) is 5.92 Å². The Hall–Kier alpha value is -3.39. The summed E-state index contributed by atoms with van der Waals surface area (Å²) in [4.78, 5) is 18.4. The zero-order chi connectivity index (χ0) is 33.6. The summed E-state index contributed by atoms with van der Waals surface area (Å²) >= 11 is 12.9. The topological polar surface area (TPSA) is 109 Å². The quantitative estimate of drug-likeness (QED) is 0.176. The highest BCUT2D eigenvalue weighted by Gasteiger charge is 2.28. The van der Waals surface area contributed by atoms with Gasteiger partial charge in [0, 0.05) is 25.1 Å². The van der Waals surface area contributed by atoms with Crippen molar-refractivity contribution in [3.63, 3.8) is 0 Å². The molecule has 10 nitrogen and oxygen atoms in total. The maximum absolute atomic E-state index is 13.7. The van der Waals surface area contributed by atoms with E-state index in [1.165, 1.54) is 55.9 Å². The standard InChI is InChI=1S/C31H35Cl2F2N3O7S/c1-37(2)11-12-38(46(4,40)41)25-13-21(8-9-26(25)42-3)30(39)44-28(15-22-23(32)16-36-17-24(22)33)20-7-10-27(45-31(34)35)29(14-20)43-18-19-5-6-19/h7-10,13-14,16-17,19,28,31H,5-6,11-12,15,18H2,1-4H3/p+1/t28-/m0/s1. The van der Waals surface area contributed by atoms with Crippen molar-refractivity contribution in [3.8, 4) is 17.2 Å². The van der Waals surface area contributed by atoms with Crippen LogP contribution in [0.3, 0.4) is 0 Å². The number of rotatable bonds is 16. The number of carbonyl (C=O) groups is 1. The zero-order valence-corrected chi connectivity index (χ0v) is 28.1. The number of methoxy groups -OCH3 is 1. The van der Waals surface area contributed by atoms with Gasteiger partial charge in [-0.15, -0.1) is 0 Å². The van der Waals surface area contributed by atoms with Gasteiger partial charge in [0.1, 0.15) is 21.9 Å². The van der Waals surface area contributed by atoms with Crippen LogP contribution in [-0.2, 0) is 21.2 Å². The molecular weight excluding hydrogens is 667 g/mol. The van der Waals surface area contributed by atoms with Crippen LogP contribution < -0.4 is 23.5 Å². The second-order valence-corrected chi connectivity index (χ2v) is 13.8. The lowest BCUT2D eigenvalue weighted by molar-refractivity contribution is -0.377. The van der Waals surface area contributed by atoms with Gasteiger partial charge in [0.2, 0.25) is 10.0 Å². The first-order chi connectivity index (χ1) is 21.8. The molecule has 3 aromatic rings. The number of halogens is 4. The van der Waals surface area contributed by atoms with Crippen LogP contribution in [0.1, 0.15) is 40.4 Å². The van der Waals surface area contributed by atoms with Crippen molar-refractivity contribution in [1.82, 2.24) is 4.90 Å². The Kier molecular flexibility index (Phi) is 11.9. The number of likely N-dealkylation sites (N-methyl/N-ethyl adjacent to an activating group) is 1. The summed E-state index contributed by atoms with van der Waals surface area (Å²) in [6.45, 7) is -2.25. The zero-order valence-electron chi connectivity index (χ0n) is 25.8. The van der Waals surface area contributed by atoms with Gasteiger partial charge >= 0.3 is 12.6 Å². The van der Waals surface area contributed by atoms with Gasteiger partial charge in [-0.2, -0.15) is 8.78 Å². The summed E-state index contributed by atoms with van der Waals surface area (Å²) in [6, 6.07) is 8.62. The first-order valence-electron chi connectivity index (χ1n) is 14.3. The van der Waals surface area contributed by atoms with Crippen molar-refractivity contribution < 1.29 is 45.9 Å². The van der Waals surface area contributed by atoms with Crippen LogP contribution in [0.2, 0.25) is 10.0 Å². The van der Waals surface area contributed by atoms with E-state index in [9.17, 15) is 22.0 Å². The lowest BCUT2D eigenvalue weighted by atomic mass is 10.0. The second kappa shape index (κ2) is 15.5. The molecule has 0 amide bonds. The van der Waals surface area contributed by atoms with E-state index >= 15 is 0 Å². The number of hydrogen-bond donors (Lipinski definition) is 0. The van der Waals surface area contributed by atoms with E-state index in [1.807, 2.05) is 19.0 Å². The lowest BCUT2D eigenvalue weighted by Crippen LogP contribution is -2.36. The average molecular weight is 704 g/mol. The largest absolute Gasteiger partial charge is 0.495 e. The van der Waals surface area contributed by atoms with Gasteiger partial charge in [-0.25, -0.2) is 18.2 Å². The van der Waals surface area contributed by atoms with Gasteiger partial charge in [-0.3, -0.25) is 4.31 Å². The third-order valence-corrected chi connectivity index (χ3v) is 9.05. The van der Waals surface area contributed by atoms with Crippen molar-refractivity contribution >= 4 is 44.9 Å². The Morgan fingerprint density at radius 2 is 1.70 bits per heavy atom. The predicted octanol–water partition coefficient (Wildman–Crippen LogP) is 5.67. The van der Waals surface area contributed by atoms with Gasteiger partial charge in [-0.05, 0) is 68.8 Å². The molecule has 0 saturated heterocycles. The number of aromatic nitrogens is 1. The fourth-order valence-electron chi connectivity index (χ4n) is 4.57. The minimum atomic E-state index is -3.77. The molecule has 250 valence electrons. The number of H-pyrrole nitrogens is 1.